The Hall–Kier alpha value is -1.05. The van der Waals surface area contributed by atoms with Crippen LogP contribution in [0.5, 0.6) is 0 Å². The van der Waals surface area contributed by atoms with E-state index < -0.39 is 0 Å². The van der Waals surface area contributed by atoms with Gasteiger partial charge in [-0.15, -0.1) is 6.58 Å². The Kier molecular flexibility index (Phi) is 9.35. The third kappa shape index (κ3) is 9.03. The smallest absolute Gasteiger partial charge is 0.302 e. The summed E-state index contributed by atoms with van der Waals surface area (Å²) < 4.78 is 4.96. The molecule has 0 unspecified atom stereocenters. The first-order chi connectivity index (χ1) is 8.47. The molecule has 2 nitrogen and oxygen atoms in total. The lowest BCUT2D eigenvalue weighted by Gasteiger charge is -2.19. The highest BCUT2D eigenvalue weighted by atomic mass is 16.5. The summed E-state index contributed by atoms with van der Waals surface area (Å²) in [6.07, 6.45) is 7.46. The normalized spacial score (nSPS) is 13.7. The van der Waals surface area contributed by atoms with Crippen LogP contribution in [0.2, 0.25) is 0 Å². The molecule has 0 aliphatic rings. The fraction of sp³-hybridized carbons (Fsp3) is 0.688. The van der Waals surface area contributed by atoms with Crippen molar-refractivity contribution in [2.45, 2.75) is 52.9 Å². The number of ether oxygens (including phenoxy) is 1. The number of hydrogen-bond donors (Lipinski definition) is 0. The van der Waals surface area contributed by atoms with Crippen molar-refractivity contribution in [1.29, 1.82) is 0 Å². The van der Waals surface area contributed by atoms with Crippen LogP contribution < -0.4 is 0 Å². The van der Waals surface area contributed by atoms with Gasteiger partial charge in [0.05, 0.1) is 6.61 Å². The van der Waals surface area contributed by atoms with E-state index in [-0.39, 0.29) is 5.97 Å². The highest BCUT2D eigenvalue weighted by Gasteiger charge is 2.11. The fourth-order valence-corrected chi connectivity index (χ4v) is 1.99. The molecule has 0 aliphatic carbocycles. The topological polar surface area (TPSA) is 26.3 Å². The fourth-order valence-electron chi connectivity index (χ4n) is 1.99. The molecule has 104 valence electrons. The van der Waals surface area contributed by atoms with E-state index in [9.17, 15) is 4.79 Å². The highest BCUT2D eigenvalue weighted by molar-refractivity contribution is 5.65. The predicted molar refractivity (Wildman–Crippen MR) is 77.4 cm³/mol. The summed E-state index contributed by atoms with van der Waals surface area (Å²) in [5.74, 6) is 1.00. The Morgan fingerprint density at radius 2 is 1.89 bits per heavy atom. The number of esters is 1. The van der Waals surface area contributed by atoms with Crippen LogP contribution in [0.1, 0.15) is 52.9 Å². The first kappa shape index (κ1) is 16.9. The molecular formula is C16H28O2. The standard InChI is InChI=1S/C16H28O2/c1-6-7-8-16(13(2)3)10-9-14(4)11-12-18-15(5)17/h6,14,16H,1-2,7-12H2,3-5H3/t14-,16-/m1/s1. The summed E-state index contributed by atoms with van der Waals surface area (Å²) in [7, 11) is 0. The lowest BCUT2D eigenvalue weighted by molar-refractivity contribution is -0.141. The molecule has 0 saturated carbocycles. The van der Waals surface area contributed by atoms with Gasteiger partial charge >= 0.3 is 5.97 Å². The number of carbonyl (C=O) groups is 1. The second kappa shape index (κ2) is 9.93. The average Bonchev–Trinajstić information content (AvgIpc) is 2.28. The molecule has 0 fully saturated rings. The van der Waals surface area contributed by atoms with Crippen LogP contribution in [0, 0.1) is 11.8 Å². The average molecular weight is 252 g/mol. The molecule has 0 bridgehead atoms. The number of allylic oxidation sites excluding steroid dienone is 2. The largest absolute Gasteiger partial charge is 0.466 e. The maximum atomic E-state index is 10.7. The molecule has 0 aromatic heterocycles. The zero-order chi connectivity index (χ0) is 14.0. The van der Waals surface area contributed by atoms with Crippen LogP contribution in [0.15, 0.2) is 24.8 Å². The van der Waals surface area contributed by atoms with E-state index in [4.69, 9.17) is 4.74 Å². The van der Waals surface area contributed by atoms with Crippen LogP contribution in [0.3, 0.4) is 0 Å². The van der Waals surface area contributed by atoms with E-state index in [1.165, 1.54) is 18.9 Å². The maximum absolute atomic E-state index is 10.7. The van der Waals surface area contributed by atoms with Gasteiger partial charge in [0.25, 0.3) is 0 Å². The van der Waals surface area contributed by atoms with Crippen molar-refractivity contribution < 1.29 is 9.53 Å². The van der Waals surface area contributed by atoms with E-state index in [0.717, 1.165) is 25.7 Å². The van der Waals surface area contributed by atoms with Crippen molar-refractivity contribution >= 4 is 5.97 Å². The van der Waals surface area contributed by atoms with Gasteiger partial charge in [-0.05, 0) is 44.4 Å². The van der Waals surface area contributed by atoms with Gasteiger partial charge < -0.3 is 4.74 Å². The van der Waals surface area contributed by atoms with Gasteiger partial charge in [0.2, 0.25) is 0 Å². The van der Waals surface area contributed by atoms with Crippen LogP contribution in [0.25, 0.3) is 0 Å². The van der Waals surface area contributed by atoms with Gasteiger partial charge in [-0.2, -0.15) is 0 Å². The molecule has 0 amide bonds. The van der Waals surface area contributed by atoms with Crippen molar-refractivity contribution in [2.24, 2.45) is 11.8 Å². The number of carbonyl (C=O) groups excluding carboxylic acids is 1. The Bertz CT molecular complexity index is 268. The molecule has 0 saturated heterocycles. The highest BCUT2D eigenvalue weighted by Crippen LogP contribution is 2.24. The summed E-state index contributed by atoms with van der Waals surface area (Å²) in [6, 6.07) is 0. The van der Waals surface area contributed by atoms with Crippen LogP contribution in [-0.4, -0.2) is 12.6 Å². The third-order valence-corrected chi connectivity index (χ3v) is 3.34. The molecule has 18 heavy (non-hydrogen) atoms. The quantitative estimate of drug-likeness (QED) is 0.422. The first-order valence-electron chi connectivity index (χ1n) is 6.87. The van der Waals surface area contributed by atoms with Crippen LogP contribution >= 0.6 is 0 Å². The van der Waals surface area contributed by atoms with Gasteiger partial charge in [-0.3, -0.25) is 4.79 Å². The van der Waals surface area contributed by atoms with Gasteiger partial charge in [-0.25, -0.2) is 0 Å². The summed E-state index contributed by atoms with van der Waals surface area (Å²) in [5.41, 5.74) is 1.27. The lowest BCUT2D eigenvalue weighted by Crippen LogP contribution is -2.08. The molecule has 0 aromatic carbocycles. The molecule has 0 aromatic rings. The SMILES string of the molecule is C=CCC[C@H](CC[C@@H](C)CCOC(C)=O)C(=C)C. The Labute approximate surface area is 112 Å². The van der Waals surface area contributed by atoms with E-state index in [1.807, 2.05) is 6.08 Å². The molecule has 2 heteroatoms. The monoisotopic (exact) mass is 252 g/mol. The molecule has 0 heterocycles. The van der Waals surface area contributed by atoms with Gasteiger partial charge in [-0.1, -0.05) is 31.6 Å². The summed E-state index contributed by atoms with van der Waals surface area (Å²) in [5, 5.41) is 0. The zero-order valence-corrected chi connectivity index (χ0v) is 12.2. The zero-order valence-electron chi connectivity index (χ0n) is 12.2. The van der Waals surface area contributed by atoms with E-state index in [2.05, 4.69) is 27.0 Å². The second-order valence-corrected chi connectivity index (χ2v) is 5.22. The van der Waals surface area contributed by atoms with Gasteiger partial charge in [0, 0.05) is 6.92 Å². The number of rotatable bonds is 10. The molecule has 0 radical (unpaired) electrons. The molecule has 0 spiro atoms. The Morgan fingerprint density at radius 3 is 2.39 bits per heavy atom. The Morgan fingerprint density at radius 1 is 1.22 bits per heavy atom. The van der Waals surface area contributed by atoms with Crippen LogP contribution in [-0.2, 0) is 9.53 Å². The summed E-state index contributed by atoms with van der Waals surface area (Å²) in [6.45, 7) is 14.2. The summed E-state index contributed by atoms with van der Waals surface area (Å²) >= 11 is 0. The van der Waals surface area contributed by atoms with E-state index in [1.54, 1.807) is 0 Å². The van der Waals surface area contributed by atoms with Gasteiger partial charge in [0.1, 0.15) is 0 Å². The molecule has 2 atom stereocenters. The van der Waals surface area contributed by atoms with Crippen LogP contribution in [0.4, 0.5) is 0 Å². The Balaban J connectivity index is 3.84. The second-order valence-electron chi connectivity index (χ2n) is 5.22. The van der Waals surface area contributed by atoms with Crippen molar-refractivity contribution in [2.75, 3.05) is 6.61 Å². The van der Waals surface area contributed by atoms with E-state index >= 15 is 0 Å². The lowest BCUT2D eigenvalue weighted by atomic mass is 9.88. The van der Waals surface area contributed by atoms with Gasteiger partial charge in [0.15, 0.2) is 0 Å². The number of hydrogen-bond acceptors (Lipinski definition) is 2. The van der Waals surface area contributed by atoms with Crippen molar-refractivity contribution in [3.63, 3.8) is 0 Å². The molecule has 0 aliphatic heterocycles. The summed E-state index contributed by atoms with van der Waals surface area (Å²) in [4.78, 5) is 10.7. The molecule has 0 rings (SSSR count). The molecule has 0 N–H and O–H groups in total. The minimum atomic E-state index is -0.187. The minimum absolute atomic E-state index is 0.187. The molecular weight excluding hydrogens is 224 g/mol. The maximum Gasteiger partial charge on any atom is 0.302 e. The van der Waals surface area contributed by atoms with Crippen molar-refractivity contribution in [1.82, 2.24) is 0 Å². The predicted octanol–water partition coefficient (Wildman–Crippen LogP) is 4.51. The minimum Gasteiger partial charge on any atom is -0.466 e. The van der Waals surface area contributed by atoms with Crippen molar-refractivity contribution in [3.8, 4) is 0 Å². The van der Waals surface area contributed by atoms with E-state index in [0.29, 0.717) is 18.4 Å². The third-order valence-electron chi connectivity index (χ3n) is 3.34. The first-order valence-corrected chi connectivity index (χ1v) is 6.87. The van der Waals surface area contributed by atoms with Crippen molar-refractivity contribution in [3.05, 3.63) is 24.8 Å².